The average Bonchev–Trinajstić information content (AvgIpc) is 3.12. The molecule has 57 heavy (non-hydrogen) atoms. The molecule has 0 unspecified atom stereocenters. The number of alkyl halides is 6. The van der Waals surface area contributed by atoms with Gasteiger partial charge in [-0.05, 0) is 43.2 Å². The maximum absolute atomic E-state index is 13.5. The van der Waals surface area contributed by atoms with E-state index < -0.39 is 30.3 Å². The summed E-state index contributed by atoms with van der Waals surface area (Å²) in [5.41, 5.74) is 15.1. The molecule has 9 N–H and O–H groups in total. The quantitative estimate of drug-likeness (QED) is 0.0360. The summed E-state index contributed by atoms with van der Waals surface area (Å²) in [5, 5.41) is 27.4. The summed E-state index contributed by atoms with van der Waals surface area (Å²) >= 11 is 0. The Morgan fingerprint density at radius 1 is 0.982 bits per heavy atom. The van der Waals surface area contributed by atoms with Crippen molar-refractivity contribution in [3.05, 3.63) is 112 Å². The minimum atomic E-state index is -5.08. The molecule has 0 aliphatic rings. The van der Waals surface area contributed by atoms with E-state index in [2.05, 4.69) is 15.6 Å². The normalized spacial score (nSPS) is 10.4. The third-order valence-electron chi connectivity index (χ3n) is 6.89. The van der Waals surface area contributed by atoms with E-state index in [1.807, 2.05) is 44.2 Å². The van der Waals surface area contributed by atoms with Crippen molar-refractivity contribution in [1.82, 2.24) is 19.8 Å². The van der Waals surface area contributed by atoms with Gasteiger partial charge in [-0.15, -0.1) is 0 Å². The number of carbonyl (C=O) groups is 4. The number of nitrogens with zero attached hydrogens (tertiary/aromatic N) is 3. The zero-order chi connectivity index (χ0) is 43.5. The molecule has 2 amide bonds. The summed E-state index contributed by atoms with van der Waals surface area (Å²) in [7, 11) is 1.71. The molecule has 1 aromatic heterocycles. The van der Waals surface area contributed by atoms with Gasteiger partial charge >= 0.3 is 18.8 Å². The van der Waals surface area contributed by atoms with Crippen molar-refractivity contribution in [1.29, 1.82) is 5.41 Å². The third-order valence-corrected chi connectivity index (χ3v) is 6.89. The van der Waals surface area contributed by atoms with E-state index in [4.69, 9.17) is 36.7 Å². The lowest BCUT2D eigenvalue weighted by Gasteiger charge is -2.19. The Bertz CT molecular complexity index is 2010. The second kappa shape index (κ2) is 23.1. The van der Waals surface area contributed by atoms with Crippen LogP contribution < -0.4 is 27.7 Å². The van der Waals surface area contributed by atoms with E-state index >= 15 is 0 Å². The number of hydrogen-bond acceptors (Lipinski definition) is 9. The highest BCUT2D eigenvalue weighted by molar-refractivity contribution is 5.96. The predicted molar refractivity (Wildman–Crippen MR) is 198 cm³/mol. The number of carboxylic acid groups (broad SMARTS) is 2. The van der Waals surface area contributed by atoms with Gasteiger partial charge in [0.15, 0.2) is 5.82 Å². The SMILES string of the molecule is CC(C)Nc1ncc(-c2cc(N)cc(C(=O)N(C)Cc3ccccc3)c2)n(CC(=O)NCc2ccc(C(=N)N)cc2)c1=O.FC(F)F.O=C(O)C(F)(F)F.O=CO. The van der Waals surface area contributed by atoms with Crippen molar-refractivity contribution in [2.75, 3.05) is 18.1 Å². The van der Waals surface area contributed by atoms with Crippen LogP contribution in [0, 0.1) is 5.41 Å². The van der Waals surface area contributed by atoms with Gasteiger partial charge in [0.1, 0.15) is 12.4 Å². The van der Waals surface area contributed by atoms with Gasteiger partial charge in [-0.2, -0.15) is 26.3 Å². The van der Waals surface area contributed by atoms with Crippen LogP contribution in [0.1, 0.15) is 40.9 Å². The molecule has 0 saturated carbocycles. The number of carbonyl (C=O) groups excluding carboxylic acids is 2. The first-order chi connectivity index (χ1) is 26.6. The zero-order valence-electron chi connectivity index (χ0n) is 30.6. The lowest BCUT2D eigenvalue weighted by Crippen LogP contribution is -2.35. The number of nitrogens with two attached hydrogens (primary N) is 2. The van der Waals surface area contributed by atoms with Gasteiger partial charge < -0.3 is 37.2 Å². The van der Waals surface area contributed by atoms with Crippen LogP contribution in [-0.4, -0.2) is 80.7 Å². The van der Waals surface area contributed by atoms with Crippen molar-refractivity contribution >= 4 is 41.6 Å². The molecule has 0 radical (unpaired) electrons. The topological polar surface area (TPSA) is 247 Å². The van der Waals surface area contributed by atoms with E-state index in [-0.39, 0.29) is 43.2 Å². The van der Waals surface area contributed by atoms with E-state index in [1.165, 1.54) is 10.8 Å². The molecule has 308 valence electrons. The number of aromatic nitrogens is 2. The Morgan fingerprint density at radius 3 is 2.02 bits per heavy atom. The van der Waals surface area contributed by atoms with Gasteiger partial charge in [-0.3, -0.25) is 29.2 Å². The lowest BCUT2D eigenvalue weighted by atomic mass is 10.1. The lowest BCUT2D eigenvalue weighted by molar-refractivity contribution is -0.192. The highest BCUT2D eigenvalue weighted by atomic mass is 19.4. The fraction of sp³-hybridized carbons (Fsp3) is 0.250. The number of nitrogen functional groups attached to an aromatic ring is 2. The molecule has 0 atom stereocenters. The van der Waals surface area contributed by atoms with Crippen molar-refractivity contribution in [3.63, 3.8) is 0 Å². The molecule has 0 aliphatic heterocycles. The third kappa shape index (κ3) is 17.4. The summed E-state index contributed by atoms with van der Waals surface area (Å²) in [4.78, 5) is 63.2. The maximum atomic E-state index is 13.5. The van der Waals surface area contributed by atoms with Crippen molar-refractivity contribution in [2.45, 2.75) is 52.4 Å². The van der Waals surface area contributed by atoms with Crippen molar-refractivity contribution in [2.24, 2.45) is 5.73 Å². The van der Waals surface area contributed by atoms with E-state index in [0.717, 1.165) is 11.1 Å². The standard InChI is InChI=1S/C32H36N8O3.C2HF3O2.CHF3.CH2O2/c1-20(2)38-30-32(43)40(19-28(41)36-16-21-9-11-23(12-10-21)29(34)35)27(17-37-30)24-13-25(15-26(33)14-24)31(42)39(3)18-22-7-5-4-6-8-22;3-2(4,5)1(6)7;2-1(3)4;2-1-3/h4-15,17,20H,16,18-19,33H2,1-3H3,(H3,34,35)(H,36,41)(H,37,38);(H,6,7);1H;1H,(H,2,3). The summed E-state index contributed by atoms with van der Waals surface area (Å²) in [5.74, 6) is -3.34. The smallest absolute Gasteiger partial charge is 0.483 e. The van der Waals surface area contributed by atoms with Gasteiger partial charge in [0.2, 0.25) is 5.91 Å². The summed E-state index contributed by atoms with van der Waals surface area (Å²) in [6, 6.07) is 21.4. The van der Waals surface area contributed by atoms with Crippen LogP contribution in [0.15, 0.2) is 83.8 Å². The Kier molecular flexibility index (Phi) is 19.5. The monoisotopic (exact) mass is 810 g/mol. The molecule has 21 heteroatoms. The Hall–Kier alpha value is -6.93. The van der Waals surface area contributed by atoms with Crippen molar-refractivity contribution in [3.8, 4) is 11.3 Å². The van der Waals surface area contributed by atoms with E-state index in [0.29, 0.717) is 34.6 Å². The number of halogens is 6. The molecule has 3 aromatic carbocycles. The molecule has 4 aromatic rings. The number of anilines is 2. The minimum Gasteiger partial charge on any atom is -0.483 e. The Morgan fingerprint density at radius 2 is 1.53 bits per heavy atom. The van der Waals surface area contributed by atoms with Crippen LogP contribution in [-0.2, 0) is 34.0 Å². The summed E-state index contributed by atoms with van der Waals surface area (Å²) < 4.78 is 62.1. The van der Waals surface area contributed by atoms with Crippen LogP contribution in [0.2, 0.25) is 0 Å². The fourth-order valence-electron chi connectivity index (χ4n) is 4.52. The summed E-state index contributed by atoms with van der Waals surface area (Å²) in [6.07, 6.45) is -3.59. The van der Waals surface area contributed by atoms with Gasteiger partial charge in [-0.25, -0.2) is 9.78 Å². The predicted octanol–water partition coefficient (Wildman–Crippen LogP) is 4.70. The fourth-order valence-corrected chi connectivity index (χ4v) is 4.52. The number of hydrogen-bond donors (Lipinski definition) is 7. The van der Waals surface area contributed by atoms with E-state index in [1.54, 1.807) is 54.4 Å². The van der Waals surface area contributed by atoms with Gasteiger partial charge in [0.05, 0.1) is 11.9 Å². The molecule has 0 fully saturated rings. The van der Waals surface area contributed by atoms with Crippen LogP contribution in [0.25, 0.3) is 11.3 Å². The van der Waals surface area contributed by atoms with Gasteiger partial charge in [-0.1, -0.05) is 54.6 Å². The van der Waals surface area contributed by atoms with Gasteiger partial charge in [0, 0.05) is 48.6 Å². The molecule has 15 nitrogen and oxygen atoms in total. The van der Waals surface area contributed by atoms with Crippen LogP contribution in [0.5, 0.6) is 0 Å². The first kappa shape index (κ1) is 48.1. The zero-order valence-corrected chi connectivity index (χ0v) is 30.6. The highest BCUT2D eigenvalue weighted by Crippen LogP contribution is 2.24. The van der Waals surface area contributed by atoms with Gasteiger partial charge in [0.25, 0.3) is 17.9 Å². The average molecular weight is 811 g/mol. The molecular formula is C36H40F6N8O7. The Balaban J connectivity index is 0.000000997. The van der Waals surface area contributed by atoms with Crippen LogP contribution in [0.4, 0.5) is 37.8 Å². The number of nitrogens with one attached hydrogen (secondary N) is 3. The number of aliphatic carboxylic acids is 1. The highest BCUT2D eigenvalue weighted by Gasteiger charge is 2.38. The second-order valence-corrected chi connectivity index (χ2v) is 11.7. The van der Waals surface area contributed by atoms with E-state index in [9.17, 15) is 40.7 Å². The molecule has 4 rings (SSSR count). The molecule has 0 saturated heterocycles. The number of benzene rings is 3. The molecule has 0 spiro atoms. The summed E-state index contributed by atoms with van der Waals surface area (Å²) in [6.45, 7) is 0.175. The van der Waals surface area contributed by atoms with Crippen LogP contribution >= 0.6 is 0 Å². The number of amides is 2. The number of amidine groups is 1. The Labute approximate surface area is 321 Å². The maximum Gasteiger partial charge on any atom is 0.490 e. The first-order valence-corrected chi connectivity index (χ1v) is 16.2. The van der Waals surface area contributed by atoms with Crippen molar-refractivity contribution < 1.29 is 55.7 Å². The number of carboxylic acids is 1. The first-order valence-electron chi connectivity index (χ1n) is 16.2. The molecule has 0 bridgehead atoms. The molecule has 0 aliphatic carbocycles. The minimum absolute atomic E-state index is 0.0414. The second-order valence-electron chi connectivity index (χ2n) is 11.7. The van der Waals surface area contributed by atoms with Crippen LogP contribution in [0.3, 0.4) is 0 Å². The molecule has 1 heterocycles. The molecular weight excluding hydrogens is 770 g/mol. The number of rotatable bonds is 11. The largest absolute Gasteiger partial charge is 0.490 e.